The van der Waals surface area contributed by atoms with E-state index in [2.05, 4.69) is 30.7 Å². The van der Waals surface area contributed by atoms with Crippen molar-refractivity contribution >= 4 is 17.1 Å². The Morgan fingerprint density at radius 3 is 2.59 bits per heavy atom. The number of phenolic OH excluding ortho intramolecular Hbond substituents is 1. The number of benzene rings is 2. The summed E-state index contributed by atoms with van der Waals surface area (Å²) in [7, 11) is 0. The van der Waals surface area contributed by atoms with Gasteiger partial charge in [0.25, 0.3) is 0 Å². The van der Waals surface area contributed by atoms with E-state index in [4.69, 9.17) is 0 Å². The lowest BCUT2D eigenvalue weighted by molar-refractivity contribution is 0.474. The molecule has 0 saturated heterocycles. The van der Waals surface area contributed by atoms with Crippen LogP contribution in [-0.2, 0) is 6.42 Å². The molecule has 0 bridgehead atoms. The van der Waals surface area contributed by atoms with Gasteiger partial charge in [-0.15, -0.1) is 13.2 Å². The summed E-state index contributed by atoms with van der Waals surface area (Å²) in [4.78, 5) is 0. The van der Waals surface area contributed by atoms with Crippen molar-refractivity contribution in [3.63, 3.8) is 0 Å². The van der Waals surface area contributed by atoms with E-state index in [0.29, 0.717) is 12.2 Å². The molecule has 22 heavy (non-hydrogen) atoms. The Bertz CT molecular complexity index is 711. The number of hydrazine groups is 2. The first kappa shape index (κ1) is 14.1. The van der Waals surface area contributed by atoms with Crippen molar-refractivity contribution in [2.45, 2.75) is 6.42 Å². The van der Waals surface area contributed by atoms with E-state index in [1.54, 1.807) is 6.07 Å². The average molecular weight is 293 g/mol. The predicted octanol–water partition coefficient (Wildman–Crippen LogP) is 3.88. The zero-order chi connectivity index (χ0) is 15.5. The summed E-state index contributed by atoms with van der Waals surface area (Å²) in [6, 6.07) is 13.5. The van der Waals surface area contributed by atoms with Gasteiger partial charge in [0, 0.05) is 0 Å². The molecule has 0 unspecified atom stereocenters. The molecule has 0 spiro atoms. The van der Waals surface area contributed by atoms with E-state index in [1.807, 2.05) is 46.5 Å². The van der Waals surface area contributed by atoms with Gasteiger partial charge in [-0.05, 0) is 36.2 Å². The average Bonchev–Trinajstić information content (AvgIpc) is 2.87. The standard InChI is InChI=1S/C18H19N3O/c1-3-7-14-10-11-15-17(13-14)20(12-4-2)21(19-15)16-8-5-6-9-18(16)22/h3-6,8-11,13,19,22H,1-2,7,12H2. The van der Waals surface area contributed by atoms with Crippen LogP contribution in [0.3, 0.4) is 0 Å². The molecule has 4 heteroatoms. The fourth-order valence-electron chi connectivity index (χ4n) is 2.60. The smallest absolute Gasteiger partial charge is 0.142 e. The van der Waals surface area contributed by atoms with Crippen LogP contribution in [0.5, 0.6) is 5.75 Å². The van der Waals surface area contributed by atoms with Gasteiger partial charge in [-0.25, -0.2) is 0 Å². The Morgan fingerprint density at radius 2 is 1.86 bits per heavy atom. The van der Waals surface area contributed by atoms with E-state index in [0.717, 1.165) is 17.8 Å². The molecule has 4 nitrogen and oxygen atoms in total. The summed E-state index contributed by atoms with van der Waals surface area (Å²) in [6.45, 7) is 8.25. The van der Waals surface area contributed by atoms with Crippen molar-refractivity contribution in [2.75, 3.05) is 22.1 Å². The van der Waals surface area contributed by atoms with Gasteiger partial charge in [0.15, 0.2) is 0 Å². The van der Waals surface area contributed by atoms with Crippen LogP contribution in [0.15, 0.2) is 67.8 Å². The van der Waals surface area contributed by atoms with Crippen molar-refractivity contribution in [2.24, 2.45) is 0 Å². The maximum Gasteiger partial charge on any atom is 0.142 e. The Kier molecular flexibility index (Phi) is 3.74. The third kappa shape index (κ3) is 2.39. The zero-order valence-corrected chi connectivity index (χ0v) is 12.4. The second-order valence-corrected chi connectivity index (χ2v) is 5.13. The Labute approximate surface area is 130 Å². The van der Waals surface area contributed by atoms with Crippen LogP contribution in [0.25, 0.3) is 0 Å². The molecule has 0 aromatic heterocycles. The molecular formula is C18H19N3O. The number of phenols is 1. The number of anilines is 3. The Morgan fingerprint density at radius 1 is 1.05 bits per heavy atom. The third-order valence-electron chi connectivity index (χ3n) is 3.60. The van der Waals surface area contributed by atoms with Gasteiger partial charge in [0.2, 0.25) is 0 Å². The highest BCUT2D eigenvalue weighted by Gasteiger charge is 2.28. The van der Waals surface area contributed by atoms with Gasteiger partial charge in [0.1, 0.15) is 11.4 Å². The number of hydrogen-bond donors (Lipinski definition) is 2. The number of nitrogens with one attached hydrogen (secondary N) is 1. The summed E-state index contributed by atoms with van der Waals surface area (Å²) in [5.74, 6) is 0.225. The van der Waals surface area contributed by atoms with E-state index in [-0.39, 0.29) is 5.75 Å². The maximum absolute atomic E-state index is 10.1. The van der Waals surface area contributed by atoms with Crippen LogP contribution < -0.4 is 15.6 Å². The van der Waals surface area contributed by atoms with Gasteiger partial charge in [0.05, 0.1) is 17.9 Å². The lowest BCUT2D eigenvalue weighted by Gasteiger charge is -2.30. The monoisotopic (exact) mass is 293 g/mol. The van der Waals surface area contributed by atoms with E-state index >= 15 is 0 Å². The van der Waals surface area contributed by atoms with Gasteiger partial charge in [-0.2, -0.15) is 5.12 Å². The van der Waals surface area contributed by atoms with Gasteiger partial charge < -0.3 is 5.11 Å². The van der Waals surface area contributed by atoms with E-state index in [1.165, 1.54) is 5.56 Å². The molecular weight excluding hydrogens is 274 g/mol. The third-order valence-corrected chi connectivity index (χ3v) is 3.60. The molecule has 0 atom stereocenters. The Hall–Kier alpha value is -2.88. The number of para-hydroxylation sites is 2. The fourth-order valence-corrected chi connectivity index (χ4v) is 2.60. The number of allylic oxidation sites excluding steroid dienone is 1. The Balaban J connectivity index is 2.02. The van der Waals surface area contributed by atoms with Crippen molar-refractivity contribution in [1.29, 1.82) is 0 Å². The highest BCUT2D eigenvalue weighted by molar-refractivity contribution is 5.82. The molecule has 0 radical (unpaired) electrons. The zero-order valence-electron chi connectivity index (χ0n) is 12.4. The van der Waals surface area contributed by atoms with Crippen LogP contribution in [0.2, 0.25) is 0 Å². The molecule has 1 aliphatic heterocycles. The van der Waals surface area contributed by atoms with E-state index < -0.39 is 0 Å². The van der Waals surface area contributed by atoms with Crippen molar-refractivity contribution in [3.05, 3.63) is 73.3 Å². The lowest BCUT2D eigenvalue weighted by atomic mass is 10.1. The van der Waals surface area contributed by atoms with Crippen LogP contribution in [0.4, 0.5) is 17.1 Å². The SMILES string of the molecule is C=CCc1ccc2c(c1)N(CC=C)N(c1ccccc1O)N2. The lowest BCUT2D eigenvalue weighted by Crippen LogP contribution is -2.41. The number of nitrogens with zero attached hydrogens (tertiary/aromatic N) is 2. The molecule has 112 valence electrons. The molecule has 0 aliphatic carbocycles. The first-order valence-corrected chi connectivity index (χ1v) is 7.21. The number of rotatable bonds is 5. The first-order chi connectivity index (χ1) is 10.7. The van der Waals surface area contributed by atoms with Crippen molar-refractivity contribution in [1.82, 2.24) is 0 Å². The number of fused-ring (bicyclic) bond motifs is 1. The molecule has 2 aromatic rings. The minimum atomic E-state index is 0.225. The first-order valence-electron chi connectivity index (χ1n) is 7.21. The molecule has 0 saturated carbocycles. The highest BCUT2D eigenvalue weighted by atomic mass is 16.3. The van der Waals surface area contributed by atoms with Crippen LogP contribution in [0.1, 0.15) is 5.56 Å². The fraction of sp³-hybridized carbons (Fsp3) is 0.111. The summed E-state index contributed by atoms with van der Waals surface area (Å²) < 4.78 is 0. The molecule has 1 heterocycles. The quantitative estimate of drug-likeness (QED) is 0.821. The van der Waals surface area contributed by atoms with Crippen LogP contribution in [0, 0.1) is 0 Å². The largest absolute Gasteiger partial charge is 0.506 e. The number of hydrogen-bond acceptors (Lipinski definition) is 4. The second kappa shape index (κ2) is 5.85. The molecule has 1 aliphatic rings. The van der Waals surface area contributed by atoms with Crippen molar-refractivity contribution < 1.29 is 5.11 Å². The molecule has 0 amide bonds. The second-order valence-electron chi connectivity index (χ2n) is 5.13. The minimum absolute atomic E-state index is 0.225. The normalized spacial score (nSPS) is 12.7. The molecule has 2 N–H and O–H groups in total. The van der Waals surface area contributed by atoms with Gasteiger partial charge >= 0.3 is 0 Å². The van der Waals surface area contributed by atoms with Gasteiger partial charge in [-0.3, -0.25) is 10.4 Å². The molecule has 2 aromatic carbocycles. The highest BCUT2D eigenvalue weighted by Crippen LogP contribution is 2.39. The van der Waals surface area contributed by atoms with Crippen LogP contribution >= 0.6 is 0 Å². The topological polar surface area (TPSA) is 38.7 Å². The summed E-state index contributed by atoms with van der Waals surface area (Å²) in [5, 5.41) is 14.0. The predicted molar refractivity (Wildman–Crippen MR) is 92.1 cm³/mol. The van der Waals surface area contributed by atoms with Crippen LogP contribution in [-0.4, -0.2) is 11.7 Å². The molecule has 0 fully saturated rings. The van der Waals surface area contributed by atoms with Gasteiger partial charge in [-0.1, -0.05) is 30.4 Å². The van der Waals surface area contributed by atoms with E-state index in [9.17, 15) is 5.11 Å². The summed E-state index contributed by atoms with van der Waals surface area (Å²) >= 11 is 0. The maximum atomic E-state index is 10.1. The molecule has 3 rings (SSSR count). The summed E-state index contributed by atoms with van der Waals surface area (Å²) in [5.41, 5.74) is 7.28. The number of aromatic hydroxyl groups is 1. The minimum Gasteiger partial charge on any atom is -0.506 e. The summed E-state index contributed by atoms with van der Waals surface area (Å²) in [6.07, 6.45) is 4.55. The van der Waals surface area contributed by atoms with Crippen molar-refractivity contribution in [3.8, 4) is 5.75 Å².